The van der Waals surface area contributed by atoms with Crippen LogP contribution < -0.4 is 16.0 Å². The molecule has 0 unspecified atom stereocenters. The lowest BCUT2D eigenvalue weighted by Crippen LogP contribution is -2.46. The number of rotatable bonds is 12. The molecule has 0 bridgehead atoms. The number of nitro groups is 1. The summed E-state index contributed by atoms with van der Waals surface area (Å²) in [5.74, 6) is -1.42. The van der Waals surface area contributed by atoms with Gasteiger partial charge in [0.15, 0.2) is 6.10 Å². The van der Waals surface area contributed by atoms with Gasteiger partial charge in [0.1, 0.15) is 6.04 Å². The van der Waals surface area contributed by atoms with Crippen LogP contribution in [0.3, 0.4) is 0 Å². The van der Waals surface area contributed by atoms with Crippen LogP contribution in [0.1, 0.15) is 45.6 Å². The number of hydrogen-bond donors (Lipinski definition) is 1. The van der Waals surface area contributed by atoms with Crippen LogP contribution in [0, 0.1) is 17.0 Å². The van der Waals surface area contributed by atoms with E-state index in [4.69, 9.17) is 4.74 Å². The molecule has 0 saturated carbocycles. The molecule has 2 atom stereocenters. The second kappa shape index (κ2) is 15.7. The first-order valence-corrected chi connectivity index (χ1v) is 18.2. The lowest BCUT2D eigenvalue weighted by atomic mass is 10.0. The third kappa shape index (κ3) is 8.07. The fourth-order valence-corrected chi connectivity index (χ4v) is 7.38. The molecular weight excluding hydrogens is 703 g/mol. The van der Waals surface area contributed by atoms with Crippen LogP contribution >= 0.6 is 0 Å². The molecule has 4 aromatic carbocycles. The van der Waals surface area contributed by atoms with Crippen molar-refractivity contribution in [1.82, 2.24) is 18.8 Å². The molecule has 1 aromatic heterocycles. The maximum Gasteiger partial charge on any atom is 0.338 e. The molecule has 2 heterocycles. The molecule has 14 nitrogen and oxygen atoms in total. The van der Waals surface area contributed by atoms with Gasteiger partial charge < -0.3 is 4.74 Å². The summed E-state index contributed by atoms with van der Waals surface area (Å²) in [6, 6.07) is 29.0. The molecule has 1 fully saturated rings. The Morgan fingerprint density at radius 2 is 1.45 bits per heavy atom. The van der Waals surface area contributed by atoms with Crippen LogP contribution in [0.2, 0.25) is 0 Å². The molecule has 1 aliphatic heterocycles. The van der Waals surface area contributed by atoms with Crippen LogP contribution in [0.15, 0.2) is 136 Å². The van der Waals surface area contributed by atoms with Gasteiger partial charge in [0, 0.05) is 49.1 Å². The summed E-state index contributed by atoms with van der Waals surface area (Å²) in [5, 5.41) is 11.0. The minimum atomic E-state index is -4.09. The zero-order chi connectivity index (χ0) is 37.7. The van der Waals surface area contributed by atoms with E-state index in [1.54, 1.807) is 23.1 Å². The maximum atomic E-state index is 14.2. The number of nitrogens with zero attached hydrogens (tertiary/aromatic N) is 4. The van der Waals surface area contributed by atoms with Gasteiger partial charge >= 0.3 is 11.7 Å². The van der Waals surface area contributed by atoms with Crippen LogP contribution in [0.5, 0.6) is 0 Å². The van der Waals surface area contributed by atoms with E-state index in [-0.39, 0.29) is 47.8 Å². The van der Waals surface area contributed by atoms with Crippen LogP contribution in [0.25, 0.3) is 0 Å². The molecule has 1 N–H and O–H groups in total. The summed E-state index contributed by atoms with van der Waals surface area (Å²) in [6.45, 7) is 1.39. The van der Waals surface area contributed by atoms with Gasteiger partial charge in [-0.25, -0.2) is 17.9 Å². The van der Waals surface area contributed by atoms with Crippen molar-refractivity contribution >= 4 is 27.6 Å². The van der Waals surface area contributed by atoms with Crippen molar-refractivity contribution in [2.75, 3.05) is 19.6 Å². The Morgan fingerprint density at radius 1 is 0.887 bits per heavy atom. The molecule has 1 saturated heterocycles. The first-order chi connectivity index (χ1) is 25.4. The number of carbonyl (C=O) groups excluding carboxylic acids is 2. The van der Waals surface area contributed by atoms with E-state index in [1.165, 1.54) is 29.8 Å². The number of non-ortho nitro benzene ring substituents is 1. The monoisotopic (exact) mass is 737 g/mol. The lowest BCUT2D eigenvalue weighted by Gasteiger charge is -2.26. The van der Waals surface area contributed by atoms with Crippen molar-refractivity contribution in [3.63, 3.8) is 0 Å². The Kier molecular flexibility index (Phi) is 10.9. The van der Waals surface area contributed by atoms with Gasteiger partial charge in [0.05, 0.1) is 15.9 Å². The molecule has 0 spiro atoms. The number of ether oxygens (including phenoxy) is 1. The molecule has 272 valence electrons. The van der Waals surface area contributed by atoms with Crippen molar-refractivity contribution in [2.45, 2.75) is 36.4 Å². The number of sulfonamides is 1. The number of nitro benzene ring substituents is 1. The molecule has 0 radical (unpaired) electrons. The molecule has 15 heteroatoms. The van der Waals surface area contributed by atoms with Crippen molar-refractivity contribution < 1.29 is 27.7 Å². The van der Waals surface area contributed by atoms with E-state index in [0.717, 1.165) is 35.4 Å². The Morgan fingerprint density at radius 3 is 2.02 bits per heavy atom. The highest BCUT2D eigenvalue weighted by Gasteiger charge is 2.40. The van der Waals surface area contributed by atoms with E-state index in [9.17, 15) is 37.7 Å². The van der Waals surface area contributed by atoms with Gasteiger partial charge in [-0.15, -0.1) is 0 Å². The van der Waals surface area contributed by atoms with Crippen LogP contribution in [-0.4, -0.2) is 64.9 Å². The second-order valence-electron chi connectivity index (χ2n) is 12.5. The van der Waals surface area contributed by atoms with Crippen LogP contribution in [-0.2, 0) is 19.6 Å². The first kappa shape index (κ1) is 36.8. The number of likely N-dealkylation sites (tertiary alicyclic amines) is 1. The zero-order valence-corrected chi connectivity index (χ0v) is 29.3. The van der Waals surface area contributed by atoms with Crippen molar-refractivity contribution in [2.24, 2.45) is 0 Å². The number of aromatic nitrogens is 2. The fraction of sp³-hybridized carbons (Fsp3) is 0.211. The molecule has 53 heavy (non-hydrogen) atoms. The van der Waals surface area contributed by atoms with Gasteiger partial charge in [-0.2, -0.15) is 4.57 Å². The summed E-state index contributed by atoms with van der Waals surface area (Å²) in [6.07, 6.45) is 0.632. The normalized spacial score (nSPS) is 16.0. The SMILES string of the molecule is Cc1cn([C@@H]2C[C@H](C(=O)OC(c3ccccc3)c3ccccc3)N(CCNS(=O)(=O)c3ccc([N+](=O)[O-])cc3)C2)c(=O)n(C(=O)c2ccccc2)c1=O. The van der Waals surface area contributed by atoms with Gasteiger partial charge in [0.25, 0.3) is 17.2 Å². The second-order valence-corrected chi connectivity index (χ2v) is 14.3. The predicted octanol–water partition coefficient (Wildman–Crippen LogP) is 3.84. The van der Waals surface area contributed by atoms with E-state index in [2.05, 4.69) is 4.72 Å². The zero-order valence-electron chi connectivity index (χ0n) is 28.5. The molecule has 5 aromatic rings. The van der Waals surface area contributed by atoms with E-state index in [1.807, 2.05) is 60.7 Å². The third-order valence-corrected chi connectivity index (χ3v) is 10.5. The molecule has 0 aliphatic carbocycles. The Bertz CT molecular complexity index is 2310. The number of hydrogen-bond acceptors (Lipinski definition) is 10. The largest absolute Gasteiger partial charge is 0.451 e. The van der Waals surface area contributed by atoms with E-state index in [0.29, 0.717) is 4.57 Å². The summed E-state index contributed by atoms with van der Waals surface area (Å²) < 4.78 is 36.7. The Balaban J connectivity index is 1.30. The van der Waals surface area contributed by atoms with E-state index >= 15 is 0 Å². The average Bonchev–Trinajstić information content (AvgIpc) is 3.60. The summed E-state index contributed by atoms with van der Waals surface area (Å²) >= 11 is 0. The molecular formula is C38H35N5O9S. The average molecular weight is 738 g/mol. The topological polar surface area (TPSA) is 180 Å². The van der Waals surface area contributed by atoms with Crippen molar-refractivity contribution in [3.05, 3.63) is 175 Å². The number of nitrogens with one attached hydrogen (secondary N) is 1. The van der Waals surface area contributed by atoms with Gasteiger partial charge in [-0.1, -0.05) is 78.9 Å². The quantitative estimate of drug-likeness (QED) is 0.112. The van der Waals surface area contributed by atoms with Gasteiger partial charge in [-0.3, -0.25) is 34.0 Å². The summed E-state index contributed by atoms with van der Waals surface area (Å²) in [7, 11) is -4.09. The standard InChI is InChI=1S/C38H35N5O9S/c1-26-24-41(38(47)42(35(26)44)36(45)29-15-9-4-10-16-29)31-23-33(37(46)52-34(27-11-5-2-6-12-27)28-13-7-3-8-14-28)40(25-31)22-21-39-53(50,51)32-19-17-30(18-20-32)43(48)49/h2-20,24,31,33-34,39H,21-23,25H2,1H3/t31-,33-/m1/s1. The number of benzene rings is 4. The predicted molar refractivity (Wildman–Crippen MR) is 194 cm³/mol. The minimum absolute atomic E-state index is 0.000135. The molecule has 6 rings (SSSR count). The number of aryl methyl sites for hydroxylation is 1. The molecule has 1 aliphatic rings. The maximum absolute atomic E-state index is 14.2. The fourth-order valence-electron chi connectivity index (χ4n) is 6.35. The number of carbonyl (C=O) groups is 2. The highest BCUT2D eigenvalue weighted by molar-refractivity contribution is 7.89. The highest BCUT2D eigenvalue weighted by Crippen LogP contribution is 2.32. The van der Waals surface area contributed by atoms with Crippen molar-refractivity contribution in [3.8, 4) is 0 Å². The number of esters is 1. The smallest absolute Gasteiger partial charge is 0.338 e. The Labute approximate surface area is 304 Å². The first-order valence-electron chi connectivity index (χ1n) is 16.7. The van der Waals surface area contributed by atoms with Crippen LogP contribution in [0.4, 0.5) is 5.69 Å². The highest BCUT2D eigenvalue weighted by atomic mass is 32.2. The lowest BCUT2D eigenvalue weighted by molar-refractivity contribution is -0.384. The Hall–Kier alpha value is -6.03. The van der Waals surface area contributed by atoms with Gasteiger partial charge in [0.2, 0.25) is 10.0 Å². The minimum Gasteiger partial charge on any atom is -0.451 e. The summed E-state index contributed by atoms with van der Waals surface area (Å²) in [4.78, 5) is 66.5. The van der Waals surface area contributed by atoms with Gasteiger partial charge in [-0.05, 0) is 48.7 Å². The summed E-state index contributed by atoms with van der Waals surface area (Å²) in [5.41, 5.74) is -0.175. The molecule has 0 amide bonds. The third-order valence-electron chi connectivity index (χ3n) is 9.04. The van der Waals surface area contributed by atoms with E-state index < -0.39 is 56.3 Å². The van der Waals surface area contributed by atoms with Crippen molar-refractivity contribution in [1.29, 1.82) is 0 Å².